The molecule has 0 aromatic heterocycles. The first kappa shape index (κ1) is 26.9. The molecule has 0 atom stereocenters. The van der Waals surface area contributed by atoms with Crippen LogP contribution in [0.4, 0.5) is 5.69 Å². The van der Waals surface area contributed by atoms with E-state index in [1.165, 1.54) is 11.0 Å². The van der Waals surface area contributed by atoms with Gasteiger partial charge in [-0.3, -0.25) is 19.8 Å². The lowest BCUT2D eigenvalue weighted by atomic mass is 10.1. The molecule has 1 saturated heterocycles. The van der Waals surface area contributed by atoms with Crippen LogP contribution in [-0.4, -0.2) is 23.5 Å². The molecule has 5 rings (SSSR count). The van der Waals surface area contributed by atoms with Crippen LogP contribution in [0.3, 0.4) is 0 Å². The fourth-order valence-electron chi connectivity index (χ4n) is 4.32. The third kappa shape index (κ3) is 5.68. The third-order valence-corrected chi connectivity index (χ3v) is 7.17. The number of fused-ring (bicyclic) bond motifs is 1. The van der Waals surface area contributed by atoms with Crippen molar-refractivity contribution in [2.75, 3.05) is 11.5 Å². The van der Waals surface area contributed by atoms with E-state index in [-0.39, 0.29) is 10.7 Å². The lowest BCUT2D eigenvalue weighted by Gasteiger charge is -2.29. The van der Waals surface area contributed by atoms with Crippen molar-refractivity contribution in [2.45, 2.75) is 13.5 Å². The summed E-state index contributed by atoms with van der Waals surface area (Å²) >= 11 is 15.0. The number of hydrogen-bond donors (Lipinski definition) is 1. The molecule has 0 aliphatic carbocycles. The van der Waals surface area contributed by atoms with Crippen LogP contribution in [0.15, 0.2) is 88.9 Å². The smallest absolute Gasteiger partial charge is 0.270 e. The SMILES string of the molecule is CCOc1cc(/C=C2\C(=O)NC(=S)N(c3cccc(Cl)c3)C2=O)cc(Br)c1OCc1cccc2ccccc12. The lowest BCUT2D eigenvalue weighted by Crippen LogP contribution is -2.54. The molecule has 0 radical (unpaired) electrons. The maximum atomic E-state index is 13.4. The Labute approximate surface area is 244 Å². The number of benzene rings is 4. The molecule has 0 bridgehead atoms. The van der Waals surface area contributed by atoms with Crippen molar-refractivity contribution in [2.24, 2.45) is 0 Å². The molecular weight excluding hydrogens is 600 g/mol. The van der Waals surface area contributed by atoms with Gasteiger partial charge in [-0.15, -0.1) is 0 Å². The van der Waals surface area contributed by atoms with E-state index in [4.69, 9.17) is 33.3 Å². The van der Waals surface area contributed by atoms with Gasteiger partial charge in [-0.25, -0.2) is 0 Å². The molecule has 1 aliphatic rings. The van der Waals surface area contributed by atoms with E-state index >= 15 is 0 Å². The second kappa shape index (κ2) is 11.6. The van der Waals surface area contributed by atoms with Crippen LogP contribution in [0, 0.1) is 0 Å². The highest BCUT2D eigenvalue weighted by Gasteiger charge is 2.34. The maximum absolute atomic E-state index is 13.4. The van der Waals surface area contributed by atoms with E-state index in [0.29, 0.717) is 45.5 Å². The Balaban J connectivity index is 1.47. The summed E-state index contributed by atoms with van der Waals surface area (Å²) in [5.74, 6) is -0.150. The Bertz CT molecular complexity index is 1650. The summed E-state index contributed by atoms with van der Waals surface area (Å²) in [6, 6.07) is 24.4. The number of carbonyl (C=O) groups excluding carboxylic acids is 2. The summed E-state index contributed by atoms with van der Waals surface area (Å²) < 4.78 is 12.7. The minimum atomic E-state index is -0.589. The van der Waals surface area contributed by atoms with Gasteiger partial charge >= 0.3 is 0 Å². The van der Waals surface area contributed by atoms with E-state index in [9.17, 15) is 9.59 Å². The molecule has 4 aromatic carbocycles. The second-order valence-corrected chi connectivity index (χ2v) is 10.3. The summed E-state index contributed by atoms with van der Waals surface area (Å²) in [6.45, 7) is 2.59. The first-order valence-electron chi connectivity index (χ1n) is 12.1. The quantitative estimate of drug-likeness (QED) is 0.136. The molecule has 39 heavy (non-hydrogen) atoms. The van der Waals surface area contributed by atoms with Crippen molar-refractivity contribution in [3.63, 3.8) is 0 Å². The summed E-state index contributed by atoms with van der Waals surface area (Å²) in [6.07, 6.45) is 1.50. The summed E-state index contributed by atoms with van der Waals surface area (Å²) in [5, 5.41) is 5.25. The molecule has 1 aliphatic heterocycles. The Kier molecular flexibility index (Phi) is 7.97. The molecule has 1 heterocycles. The zero-order valence-electron chi connectivity index (χ0n) is 20.7. The molecule has 1 N–H and O–H groups in total. The number of ether oxygens (including phenoxy) is 2. The minimum Gasteiger partial charge on any atom is -0.490 e. The predicted octanol–water partition coefficient (Wildman–Crippen LogP) is 7.06. The fourth-order valence-corrected chi connectivity index (χ4v) is 5.36. The Hall–Kier alpha value is -3.72. The number of halogens is 2. The van der Waals surface area contributed by atoms with Gasteiger partial charge in [0.05, 0.1) is 16.8 Å². The van der Waals surface area contributed by atoms with Crippen molar-refractivity contribution in [1.82, 2.24) is 5.32 Å². The number of amides is 2. The molecular formula is C30H22BrClN2O4S. The first-order chi connectivity index (χ1) is 18.9. The van der Waals surface area contributed by atoms with Gasteiger partial charge in [0.1, 0.15) is 12.2 Å². The molecule has 0 spiro atoms. The van der Waals surface area contributed by atoms with Crippen LogP contribution in [0.1, 0.15) is 18.1 Å². The normalized spacial score (nSPS) is 14.6. The van der Waals surface area contributed by atoms with E-state index in [1.54, 1.807) is 36.4 Å². The van der Waals surface area contributed by atoms with Crippen LogP contribution >= 0.6 is 39.7 Å². The van der Waals surface area contributed by atoms with Gasteiger partial charge in [0.2, 0.25) is 0 Å². The zero-order chi connectivity index (χ0) is 27.5. The van der Waals surface area contributed by atoms with E-state index in [2.05, 4.69) is 39.4 Å². The highest BCUT2D eigenvalue weighted by molar-refractivity contribution is 9.10. The Morgan fingerprint density at radius 3 is 2.56 bits per heavy atom. The van der Waals surface area contributed by atoms with Crippen LogP contribution in [-0.2, 0) is 16.2 Å². The highest BCUT2D eigenvalue weighted by atomic mass is 79.9. The Morgan fingerprint density at radius 1 is 1.00 bits per heavy atom. The van der Waals surface area contributed by atoms with Crippen LogP contribution in [0.5, 0.6) is 11.5 Å². The van der Waals surface area contributed by atoms with Gasteiger partial charge in [-0.05, 0) is 93.4 Å². The average Bonchev–Trinajstić information content (AvgIpc) is 2.91. The van der Waals surface area contributed by atoms with Crippen LogP contribution < -0.4 is 19.7 Å². The van der Waals surface area contributed by atoms with Gasteiger partial charge < -0.3 is 9.47 Å². The number of hydrogen-bond acceptors (Lipinski definition) is 5. The van der Waals surface area contributed by atoms with Crippen molar-refractivity contribution in [1.29, 1.82) is 0 Å². The van der Waals surface area contributed by atoms with E-state index in [1.807, 2.05) is 31.2 Å². The van der Waals surface area contributed by atoms with Gasteiger partial charge in [-0.2, -0.15) is 0 Å². The van der Waals surface area contributed by atoms with Gasteiger partial charge in [-0.1, -0.05) is 60.1 Å². The van der Waals surface area contributed by atoms with Gasteiger partial charge in [0.15, 0.2) is 16.6 Å². The topological polar surface area (TPSA) is 67.9 Å². The number of nitrogens with one attached hydrogen (secondary N) is 1. The number of anilines is 1. The molecule has 6 nitrogen and oxygen atoms in total. The maximum Gasteiger partial charge on any atom is 0.270 e. The Morgan fingerprint density at radius 2 is 1.77 bits per heavy atom. The van der Waals surface area contributed by atoms with Crippen molar-refractivity contribution < 1.29 is 19.1 Å². The molecule has 2 amide bonds. The predicted molar refractivity (Wildman–Crippen MR) is 161 cm³/mol. The fraction of sp³-hybridized carbons (Fsp3) is 0.100. The van der Waals surface area contributed by atoms with E-state index in [0.717, 1.165) is 16.3 Å². The first-order valence-corrected chi connectivity index (χ1v) is 13.7. The lowest BCUT2D eigenvalue weighted by molar-refractivity contribution is -0.122. The van der Waals surface area contributed by atoms with E-state index < -0.39 is 11.8 Å². The molecule has 9 heteroatoms. The van der Waals surface area contributed by atoms with Crippen LogP contribution in [0.2, 0.25) is 5.02 Å². The van der Waals surface area contributed by atoms with Crippen molar-refractivity contribution >= 4 is 79.2 Å². The number of rotatable bonds is 7. The third-order valence-electron chi connectivity index (χ3n) is 6.06. The highest BCUT2D eigenvalue weighted by Crippen LogP contribution is 2.39. The number of thiocarbonyl (C=S) groups is 1. The standard InChI is InChI=1S/C30H22BrClN2O4S/c1-2-37-26-15-18(13-24-28(35)33-30(39)34(29(24)36)22-11-6-10-21(32)16-22)14-25(31)27(26)38-17-20-9-5-8-19-7-3-4-12-23(19)20/h3-16H,2,17H2,1H3,(H,33,35,39)/b24-13+. The summed E-state index contributed by atoms with van der Waals surface area (Å²) in [4.78, 5) is 27.4. The largest absolute Gasteiger partial charge is 0.490 e. The zero-order valence-corrected chi connectivity index (χ0v) is 23.9. The van der Waals surface area contributed by atoms with Gasteiger partial charge in [0.25, 0.3) is 11.8 Å². The van der Waals surface area contributed by atoms with Gasteiger partial charge in [0, 0.05) is 5.02 Å². The van der Waals surface area contributed by atoms with Crippen molar-refractivity contribution in [3.8, 4) is 11.5 Å². The van der Waals surface area contributed by atoms with Crippen LogP contribution in [0.25, 0.3) is 16.8 Å². The van der Waals surface area contributed by atoms with Crippen molar-refractivity contribution in [3.05, 3.63) is 105 Å². The monoisotopic (exact) mass is 620 g/mol. The molecule has 0 unspecified atom stereocenters. The molecule has 0 saturated carbocycles. The molecule has 1 fully saturated rings. The summed E-state index contributed by atoms with van der Waals surface area (Å²) in [7, 11) is 0. The molecule has 4 aromatic rings. The number of nitrogens with zero attached hydrogens (tertiary/aromatic N) is 1. The molecule has 196 valence electrons. The average molecular weight is 622 g/mol. The number of carbonyl (C=O) groups is 2. The second-order valence-electron chi connectivity index (χ2n) is 8.63. The summed E-state index contributed by atoms with van der Waals surface area (Å²) in [5.41, 5.74) is 1.98. The minimum absolute atomic E-state index is 0.0159.